The molecule has 128 valence electrons. The highest BCUT2D eigenvalue weighted by Gasteiger charge is 2.21. The van der Waals surface area contributed by atoms with Crippen LogP contribution in [0.15, 0.2) is 29.1 Å². The topological polar surface area (TPSA) is 57.4 Å². The minimum Gasteiger partial charge on any atom is -0.376 e. The van der Waals surface area contributed by atoms with Crippen LogP contribution in [0, 0.1) is 6.92 Å². The lowest BCUT2D eigenvalue weighted by Crippen LogP contribution is -2.42. The van der Waals surface area contributed by atoms with E-state index < -0.39 is 0 Å². The fourth-order valence-electron chi connectivity index (χ4n) is 3.09. The number of fused-ring (bicyclic) bond motifs is 1. The third kappa shape index (κ3) is 3.76. The molecule has 2 aromatic rings. The number of nitrogens with one attached hydrogen (secondary N) is 2. The van der Waals surface area contributed by atoms with Gasteiger partial charge in [0.05, 0.1) is 12.6 Å². The molecule has 2 N–H and O–H groups in total. The molecule has 1 atom stereocenters. The quantitative estimate of drug-likeness (QED) is 0.833. The van der Waals surface area contributed by atoms with Gasteiger partial charge in [0.25, 0.3) is 5.56 Å². The number of H-pyrrole nitrogens is 1. The maximum Gasteiger partial charge on any atom is 0.253 e. The van der Waals surface area contributed by atoms with Crippen LogP contribution in [-0.4, -0.2) is 41.3 Å². The summed E-state index contributed by atoms with van der Waals surface area (Å²) in [6.07, 6.45) is 2.30. The molecule has 0 spiro atoms. The lowest BCUT2D eigenvalue weighted by molar-refractivity contribution is 0.0898. The highest BCUT2D eigenvalue weighted by atomic mass is 32.1. The molecule has 1 aromatic carbocycles. The van der Waals surface area contributed by atoms with Gasteiger partial charge < -0.3 is 19.9 Å². The number of hydrogen-bond acceptors (Lipinski definition) is 3. The number of thiocarbonyl (C=S) groups is 1. The van der Waals surface area contributed by atoms with Crippen LogP contribution in [0.2, 0.25) is 0 Å². The zero-order chi connectivity index (χ0) is 17.1. The van der Waals surface area contributed by atoms with Crippen molar-refractivity contribution in [2.75, 3.05) is 20.2 Å². The van der Waals surface area contributed by atoms with Crippen molar-refractivity contribution in [1.29, 1.82) is 0 Å². The number of nitrogens with zero attached hydrogens (tertiary/aromatic N) is 1. The van der Waals surface area contributed by atoms with Crippen molar-refractivity contribution in [2.24, 2.45) is 0 Å². The number of benzene rings is 1. The molecule has 0 saturated carbocycles. The normalized spacial score (nSPS) is 17.2. The number of ether oxygens (including phenoxy) is 1. The molecule has 0 amide bonds. The Hall–Kier alpha value is -1.92. The van der Waals surface area contributed by atoms with E-state index in [-0.39, 0.29) is 11.7 Å². The lowest BCUT2D eigenvalue weighted by atomic mass is 10.1. The molecule has 1 aliphatic heterocycles. The molecule has 0 aliphatic carbocycles. The highest BCUT2D eigenvalue weighted by Crippen LogP contribution is 2.17. The number of aromatic amines is 1. The number of hydrogen-bond donors (Lipinski definition) is 2. The van der Waals surface area contributed by atoms with E-state index in [0.717, 1.165) is 35.9 Å². The largest absolute Gasteiger partial charge is 0.376 e. The zero-order valence-electron chi connectivity index (χ0n) is 14.1. The van der Waals surface area contributed by atoms with Gasteiger partial charge in [0, 0.05) is 31.3 Å². The number of pyridine rings is 1. The summed E-state index contributed by atoms with van der Waals surface area (Å²) in [6, 6.07) is 8.02. The Kier molecular flexibility index (Phi) is 5.16. The number of aromatic nitrogens is 1. The molecule has 1 aliphatic rings. The average molecular weight is 345 g/mol. The van der Waals surface area contributed by atoms with Crippen LogP contribution in [0.5, 0.6) is 0 Å². The smallest absolute Gasteiger partial charge is 0.253 e. The van der Waals surface area contributed by atoms with Crippen molar-refractivity contribution in [3.8, 4) is 0 Å². The van der Waals surface area contributed by atoms with E-state index >= 15 is 0 Å². The van der Waals surface area contributed by atoms with E-state index in [4.69, 9.17) is 17.0 Å². The van der Waals surface area contributed by atoms with E-state index in [9.17, 15) is 4.79 Å². The molecule has 1 saturated heterocycles. The van der Waals surface area contributed by atoms with Gasteiger partial charge in [-0.15, -0.1) is 0 Å². The van der Waals surface area contributed by atoms with Crippen LogP contribution in [-0.2, 0) is 11.3 Å². The Morgan fingerprint density at radius 3 is 3.00 bits per heavy atom. The zero-order valence-corrected chi connectivity index (χ0v) is 14.9. The summed E-state index contributed by atoms with van der Waals surface area (Å²) < 4.78 is 5.71. The van der Waals surface area contributed by atoms with Gasteiger partial charge in [-0.3, -0.25) is 4.79 Å². The van der Waals surface area contributed by atoms with Crippen molar-refractivity contribution >= 4 is 28.2 Å². The first-order valence-electron chi connectivity index (χ1n) is 8.27. The van der Waals surface area contributed by atoms with Crippen molar-refractivity contribution in [2.45, 2.75) is 32.4 Å². The molecule has 0 bridgehead atoms. The fraction of sp³-hybridized carbons (Fsp3) is 0.444. The third-order valence-electron chi connectivity index (χ3n) is 4.39. The summed E-state index contributed by atoms with van der Waals surface area (Å²) in [6.45, 7) is 3.99. The Bertz CT molecular complexity index is 796. The Labute approximate surface area is 147 Å². The van der Waals surface area contributed by atoms with Crippen LogP contribution in [0.4, 0.5) is 0 Å². The summed E-state index contributed by atoms with van der Waals surface area (Å²) in [7, 11) is 1.80. The van der Waals surface area contributed by atoms with E-state index in [0.29, 0.717) is 23.8 Å². The minimum atomic E-state index is -0.0654. The highest BCUT2D eigenvalue weighted by molar-refractivity contribution is 7.80. The van der Waals surface area contributed by atoms with Crippen LogP contribution >= 0.6 is 12.2 Å². The van der Waals surface area contributed by atoms with Gasteiger partial charge in [0.1, 0.15) is 0 Å². The first kappa shape index (κ1) is 16.9. The molecule has 3 rings (SSSR count). The van der Waals surface area contributed by atoms with E-state index in [1.165, 1.54) is 0 Å². The second-order valence-corrected chi connectivity index (χ2v) is 6.67. The summed E-state index contributed by atoms with van der Waals surface area (Å²) in [5, 5.41) is 4.68. The Morgan fingerprint density at radius 1 is 1.46 bits per heavy atom. The second kappa shape index (κ2) is 7.32. The van der Waals surface area contributed by atoms with Gasteiger partial charge in [-0.25, -0.2) is 0 Å². The van der Waals surface area contributed by atoms with Gasteiger partial charge in [0.15, 0.2) is 5.11 Å². The predicted octanol–water partition coefficient (Wildman–Crippen LogP) is 2.32. The Balaban J connectivity index is 1.86. The third-order valence-corrected chi connectivity index (χ3v) is 4.85. The molecule has 6 heteroatoms. The molecule has 1 aromatic heterocycles. The SMILES string of the molecule is CNC(=S)N(Cc1cc2ccc(C)cc2[nH]c1=O)C[C@@H]1CCCO1. The van der Waals surface area contributed by atoms with E-state index in [1.54, 1.807) is 7.05 Å². The minimum absolute atomic E-state index is 0.0654. The molecule has 5 nitrogen and oxygen atoms in total. The van der Waals surface area contributed by atoms with E-state index in [2.05, 4.69) is 10.3 Å². The number of aryl methyl sites for hydroxylation is 1. The first-order chi connectivity index (χ1) is 11.6. The van der Waals surface area contributed by atoms with Crippen molar-refractivity contribution in [3.05, 3.63) is 45.7 Å². The molecular weight excluding hydrogens is 322 g/mol. The summed E-state index contributed by atoms with van der Waals surface area (Å²) in [5.74, 6) is 0. The van der Waals surface area contributed by atoms with Crippen molar-refractivity contribution < 1.29 is 4.74 Å². The van der Waals surface area contributed by atoms with Gasteiger partial charge >= 0.3 is 0 Å². The van der Waals surface area contributed by atoms with E-state index in [1.807, 2.05) is 36.1 Å². The summed E-state index contributed by atoms with van der Waals surface area (Å²) in [4.78, 5) is 17.4. The van der Waals surface area contributed by atoms with Gasteiger partial charge in [-0.2, -0.15) is 0 Å². The van der Waals surface area contributed by atoms with Crippen molar-refractivity contribution in [3.63, 3.8) is 0 Å². The molecule has 2 heterocycles. The maximum absolute atomic E-state index is 12.5. The summed E-state index contributed by atoms with van der Waals surface area (Å²) >= 11 is 5.41. The lowest BCUT2D eigenvalue weighted by Gasteiger charge is -2.27. The summed E-state index contributed by atoms with van der Waals surface area (Å²) in [5.41, 5.74) is 2.64. The van der Waals surface area contributed by atoms with Gasteiger partial charge in [-0.05, 0) is 55.1 Å². The van der Waals surface area contributed by atoms with Gasteiger partial charge in [0.2, 0.25) is 0 Å². The maximum atomic E-state index is 12.5. The van der Waals surface area contributed by atoms with Crippen LogP contribution in [0.1, 0.15) is 24.0 Å². The predicted molar refractivity (Wildman–Crippen MR) is 100 cm³/mol. The fourth-order valence-corrected chi connectivity index (χ4v) is 3.23. The second-order valence-electron chi connectivity index (χ2n) is 6.29. The van der Waals surface area contributed by atoms with Crippen molar-refractivity contribution in [1.82, 2.24) is 15.2 Å². The average Bonchev–Trinajstić information content (AvgIpc) is 3.07. The molecule has 1 fully saturated rings. The molecule has 24 heavy (non-hydrogen) atoms. The molecule has 0 unspecified atom stereocenters. The monoisotopic (exact) mass is 345 g/mol. The number of rotatable bonds is 4. The molecule has 0 radical (unpaired) electrons. The first-order valence-corrected chi connectivity index (χ1v) is 8.68. The van der Waals surface area contributed by atoms with Gasteiger partial charge in [-0.1, -0.05) is 12.1 Å². The van der Waals surface area contributed by atoms with Crippen LogP contribution < -0.4 is 10.9 Å². The van der Waals surface area contributed by atoms with Crippen LogP contribution in [0.25, 0.3) is 10.9 Å². The molecular formula is C18H23N3O2S. The standard InChI is InChI=1S/C18H23N3O2S/c1-12-5-6-13-9-14(17(22)20-16(13)8-12)10-21(18(24)19-2)11-15-4-3-7-23-15/h5-6,8-9,15H,3-4,7,10-11H2,1-2H3,(H,19,24)(H,20,22)/t15-/m0/s1. The van der Waals surface area contributed by atoms with Crippen LogP contribution in [0.3, 0.4) is 0 Å². The Morgan fingerprint density at radius 2 is 2.29 bits per heavy atom.